The van der Waals surface area contributed by atoms with Crippen LogP contribution in [-0.4, -0.2) is 34.4 Å². The molecule has 1 aromatic carbocycles. The first-order valence-corrected chi connectivity index (χ1v) is 9.59. The third-order valence-electron chi connectivity index (χ3n) is 5.07. The second-order valence-electron chi connectivity index (χ2n) is 7.57. The van der Waals surface area contributed by atoms with Crippen molar-refractivity contribution < 1.29 is 4.79 Å². The summed E-state index contributed by atoms with van der Waals surface area (Å²) in [5.74, 6) is 1.11. The van der Waals surface area contributed by atoms with Crippen LogP contribution < -0.4 is 4.90 Å². The van der Waals surface area contributed by atoms with Crippen LogP contribution in [0.4, 0.5) is 5.82 Å². The molecule has 1 aliphatic heterocycles. The molecule has 26 heavy (non-hydrogen) atoms. The Morgan fingerprint density at radius 1 is 1.08 bits per heavy atom. The molecule has 1 amide bonds. The zero-order valence-corrected chi connectivity index (χ0v) is 16.2. The topological polar surface area (TPSA) is 36.4 Å². The van der Waals surface area contributed by atoms with Crippen molar-refractivity contribution in [3.8, 4) is 0 Å². The molecular weight excluding hydrogens is 322 g/mol. The normalized spacial score (nSPS) is 17.2. The molecule has 4 nitrogen and oxygen atoms in total. The van der Waals surface area contributed by atoms with Gasteiger partial charge in [-0.15, -0.1) is 0 Å². The molecule has 0 bridgehead atoms. The third kappa shape index (κ3) is 3.74. The monoisotopic (exact) mass is 351 g/mol. The van der Waals surface area contributed by atoms with Crippen molar-refractivity contribution in [2.75, 3.05) is 11.4 Å². The van der Waals surface area contributed by atoms with Gasteiger partial charge < -0.3 is 9.80 Å². The number of pyridine rings is 1. The molecule has 1 atom stereocenters. The smallest absolute Gasteiger partial charge is 0.254 e. The first-order chi connectivity index (χ1) is 12.5. The van der Waals surface area contributed by atoms with Gasteiger partial charge in [0.2, 0.25) is 0 Å². The van der Waals surface area contributed by atoms with E-state index < -0.39 is 0 Å². The minimum atomic E-state index is 0.114. The maximum absolute atomic E-state index is 12.9. The molecular formula is C22H29N3O. The molecule has 0 spiro atoms. The lowest BCUT2D eigenvalue weighted by molar-refractivity contribution is 0.0735. The summed E-state index contributed by atoms with van der Waals surface area (Å²) in [4.78, 5) is 21.9. The van der Waals surface area contributed by atoms with E-state index in [2.05, 4.69) is 44.7 Å². The van der Waals surface area contributed by atoms with Crippen LogP contribution in [0.3, 0.4) is 0 Å². The molecule has 2 heterocycles. The highest BCUT2D eigenvalue weighted by molar-refractivity contribution is 5.94. The van der Waals surface area contributed by atoms with Crippen molar-refractivity contribution in [1.29, 1.82) is 0 Å². The minimum absolute atomic E-state index is 0.114. The van der Waals surface area contributed by atoms with Gasteiger partial charge in [0.25, 0.3) is 5.91 Å². The van der Waals surface area contributed by atoms with Crippen LogP contribution in [0.2, 0.25) is 0 Å². The number of anilines is 1. The van der Waals surface area contributed by atoms with E-state index in [1.165, 1.54) is 0 Å². The summed E-state index contributed by atoms with van der Waals surface area (Å²) in [6.07, 6.45) is 3.99. The van der Waals surface area contributed by atoms with Gasteiger partial charge in [-0.3, -0.25) is 4.79 Å². The predicted molar refractivity (Wildman–Crippen MR) is 106 cm³/mol. The maximum Gasteiger partial charge on any atom is 0.254 e. The van der Waals surface area contributed by atoms with Crippen molar-refractivity contribution in [1.82, 2.24) is 9.88 Å². The van der Waals surface area contributed by atoms with Crippen LogP contribution in [-0.2, 0) is 0 Å². The number of hydrogen-bond donors (Lipinski definition) is 0. The summed E-state index contributed by atoms with van der Waals surface area (Å²) >= 11 is 0. The molecule has 1 fully saturated rings. The lowest BCUT2D eigenvalue weighted by atomic mass is 10.1. The van der Waals surface area contributed by atoms with Gasteiger partial charge in [-0.05, 0) is 64.3 Å². The summed E-state index contributed by atoms with van der Waals surface area (Å²) in [7, 11) is 0. The van der Waals surface area contributed by atoms with Crippen LogP contribution in [0.5, 0.6) is 0 Å². The Kier molecular flexibility index (Phi) is 5.60. The van der Waals surface area contributed by atoms with E-state index in [9.17, 15) is 4.79 Å². The number of benzene rings is 1. The molecule has 0 saturated carbocycles. The van der Waals surface area contributed by atoms with Gasteiger partial charge in [-0.25, -0.2) is 4.98 Å². The lowest BCUT2D eigenvalue weighted by Gasteiger charge is -2.32. The standard InChI is InChI=1S/C22H29N3O/c1-16(2)25(17(3)4)21-13-12-19(15-23-21)20-11-8-14-24(20)22(26)18-9-6-5-7-10-18/h5-7,9-10,12-13,15-17,20H,8,11,14H2,1-4H3/t20-/m1/s1. The van der Waals surface area contributed by atoms with Crippen LogP contribution in [0.15, 0.2) is 48.7 Å². The average molecular weight is 351 g/mol. The first kappa shape index (κ1) is 18.4. The Morgan fingerprint density at radius 3 is 2.35 bits per heavy atom. The number of likely N-dealkylation sites (tertiary alicyclic amines) is 1. The molecule has 4 heteroatoms. The number of amides is 1. The van der Waals surface area contributed by atoms with Gasteiger partial charge in [-0.1, -0.05) is 24.3 Å². The average Bonchev–Trinajstić information content (AvgIpc) is 3.11. The number of nitrogens with zero attached hydrogens (tertiary/aromatic N) is 3. The van der Waals surface area contributed by atoms with Crippen LogP contribution in [0.1, 0.15) is 62.5 Å². The van der Waals surface area contributed by atoms with Crippen molar-refractivity contribution in [2.24, 2.45) is 0 Å². The van der Waals surface area contributed by atoms with Gasteiger partial charge in [0.05, 0.1) is 6.04 Å². The van der Waals surface area contributed by atoms with Crippen LogP contribution in [0, 0.1) is 0 Å². The summed E-state index contributed by atoms with van der Waals surface area (Å²) < 4.78 is 0. The number of rotatable bonds is 5. The van der Waals surface area contributed by atoms with Gasteiger partial charge in [0.1, 0.15) is 5.82 Å². The van der Waals surface area contributed by atoms with Crippen molar-refractivity contribution in [2.45, 2.75) is 58.7 Å². The molecule has 2 aromatic rings. The fourth-order valence-corrected chi connectivity index (χ4v) is 3.98. The van der Waals surface area contributed by atoms with Gasteiger partial charge in [0.15, 0.2) is 0 Å². The summed E-state index contributed by atoms with van der Waals surface area (Å²) in [6.45, 7) is 9.56. The summed E-state index contributed by atoms with van der Waals surface area (Å²) in [6, 6.07) is 14.7. The zero-order valence-electron chi connectivity index (χ0n) is 16.2. The predicted octanol–water partition coefficient (Wildman–Crippen LogP) is 4.68. The van der Waals surface area contributed by atoms with E-state index in [4.69, 9.17) is 4.98 Å². The molecule has 0 aliphatic carbocycles. The number of carbonyl (C=O) groups excluding carboxylic acids is 1. The van der Waals surface area contributed by atoms with Crippen molar-refractivity contribution >= 4 is 11.7 Å². The lowest BCUT2D eigenvalue weighted by Crippen LogP contribution is -2.37. The highest BCUT2D eigenvalue weighted by Crippen LogP contribution is 2.33. The van der Waals surface area contributed by atoms with E-state index in [0.29, 0.717) is 12.1 Å². The Balaban J connectivity index is 1.81. The Hall–Kier alpha value is -2.36. The highest BCUT2D eigenvalue weighted by atomic mass is 16.2. The first-order valence-electron chi connectivity index (χ1n) is 9.59. The molecule has 0 N–H and O–H groups in total. The van der Waals surface area contributed by atoms with E-state index >= 15 is 0 Å². The third-order valence-corrected chi connectivity index (χ3v) is 5.07. The van der Waals surface area contributed by atoms with E-state index in [0.717, 1.165) is 36.3 Å². The van der Waals surface area contributed by atoms with Crippen molar-refractivity contribution in [3.63, 3.8) is 0 Å². The quantitative estimate of drug-likeness (QED) is 0.784. The molecule has 3 rings (SSSR count). The minimum Gasteiger partial charge on any atom is -0.352 e. The molecule has 1 aliphatic rings. The van der Waals surface area contributed by atoms with E-state index in [1.54, 1.807) is 0 Å². The van der Waals surface area contributed by atoms with Gasteiger partial charge >= 0.3 is 0 Å². The number of carbonyl (C=O) groups is 1. The van der Waals surface area contributed by atoms with Gasteiger partial charge in [-0.2, -0.15) is 0 Å². The second kappa shape index (κ2) is 7.90. The molecule has 1 saturated heterocycles. The van der Waals surface area contributed by atoms with Crippen LogP contribution >= 0.6 is 0 Å². The largest absolute Gasteiger partial charge is 0.352 e. The Bertz CT molecular complexity index is 717. The van der Waals surface area contributed by atoms with Crippen LogP contribution in [0.25, 0.3) is 0 Å². The number of hydrogen-bond acceptors (Lipinski definition) is 3. The SMILES string of the molecule is CC(C)N(c1ccc([C@H]2CCCN2C(=O)c2ccccc2)cn1)C(C)C. The molecule has 138 valence electrons. The molecule has 0 radical (unpaired) electrons. The fraction of sp³-hybridized carbons (Fsp3) is 0.455. The molecule has 0 unspecified atom stereocenters. The number of aromatic nitrogens is 1. The molecule has 1 aromatic heterocycles. The van der Waals surface area contributed by atoms with Crippen molar-refractivity contribution in [3.05, 3.63) is 59.8 Å². The maximum atomic E-state index is 12.9. The highest BCUT2D eigenvalue weighted by Gasteiger charge is 2.31. The summed E-state index contributed by atoms with van der Waals surface area (Å²) in [5.41, 5.74) is 1.89. The van der Waals surface area contributed by atoms with E-state index in [-0.39, 0.29) is 11.9 Å². The fourth-order valence-electron chi connectivity index (χ4n) is 3.98. The zero-order chi connectivity index (χ0) is 18.7. The second-order valence-corrected chi connectivity index (χ2v) is 7.57. The van der Waals surface area contributed by atoms with E-state index in [1.807, 2.05) is 41.4 Å². The summed E-state index contributed by atoms with van der Waals surface area (Å²) in [5, 5.41) is 0. The Labute approximate surface area is 156 Å². The van der Waals surface area contributed by atoms with Gasteiger partial charge in [0, 0.05) is 30.4 Å². The Morgan fingerprint density at radius 2 is 1.77 bits per heavy atom.